The predicted molar refractivity (Wildman–Crippen MR) is 75.3 cm³/mol. The summed E-state index contributed by atoms with van der Waals surface area (Å²) in [7, 11) is -3.31. The van der Waals surface area contributed by atoms with E-state index in [9.17, 15) is 8.42 Å². The van der Waals surface area contributed by atoms with Crippen LogP contribution in [-0.2, 0) is 9.84 Å². The van der Waals surface area contributed by atoms with E-state index in [2.05, 4.69) is 5.32 Å². The predicted octanol–water partition coefficient (Wildman–Crippen LogP) is 1.46. The molecule has 0 atom stereocenters. The lowest BCUT2D eigenvalue weighted by Crippen LogP contribution is -2.34. The molecule has 1 aromatic rings. The molecule has 1 aromatic carbocycles. The van der Waals surface area contributed by atoms with Crippen molar-refractivity contribution in [3.63, 3.8) is 0 Å². The van der Waals surface area contributed by atoms with Crippen molar-refractivity contribution in [2.75, 3.05) is 26.2 Å². The summed E-state index contributed by atoms with van der Waals surface area (Å²) in [5.74, 6) is 0. The number of benzene rings is 1. The van der Waals surface area contributed by atoms with E-state index in [1.807, 2.05) is 23.1 Å². The molecule has 1 fully saturated rings. The third-order valence-electron chi connectivity index (χ3n) is 3.64. The number of rotatable bonds is 1. The molecule has 0 radical (unpaired) electrons. The van der Waals surface area contributed by atoms with Crippen molar-refractivity contribution in [3.8, 4) is 0 Å². The van der Waals surface area contributed by atoms with Crippen molar-refractivity contribution in [3.05, 3.63) is 34.9 Å². The molecule has 2 heterocycles. The quantitative estimate of drug-likeness (QED) is 0.845. The Balaban J connectivity index is 1.94. The van der Waals surface area contributed by atoms with Crippen LogP contribution >= 0.6 is 0 Å². The van der Waals surface area contributed by atoms with Crippen molar-refractivity contribution >= 4 is 15.9 Å². The van der Waals surface area contributed by atoms with Gasteiger partial charge in [0.25, 0.3) is 0 Å². The Labute approximate surface area is 114 Å². The number of nitrogens with one attached hydrogen (secondary N) is 1. The smallest absolute Gasteiger partial charge is 0.222 e. The molecule has 0 aliphatic carbocycles. The third-order valence-corrected chi connectivity index (χ3v) is 5.52. The highest BCUT2D eigenvalue weighted by atomic mass is 32.2. The van der Waals surface area contributed by atoms with E-state index >= 15 is 0 Å². The molecule has 3 rings (SSSR count). The molecular weight excluding hydrogens is 260 g/mol. The maximum absolute atomic E-state index is 12.6. The molecule has 102 valence electrons. The Morgan fingerprint density at radius 1 is 1.05 bits per heavy atom. The van der Waals surface area contributed by atoms with Gasteiger partial charge in [0.2, 0.25) is 9.84 Å². The molecule has 2 aliphatic rings. The molecule has 0 bridgehead atoms. The molecule has 5 heteroatoms. The van der Waals surface area contributed by atoms with E-state index in [-0.39, 0.29) is 0 Å². The minimum absolute atomic E-state index is 0.449. The van der Waals surface area contributed by atoms with Crippen molar-refractivity contribution < 1.29 is 8.42 Å². The minimum Gasteiger partial charge on any atom is -0.362 e. The van der Waals surface area contributed by atoms with Crippen molar-refractivity contribution in [1.29, 1.82) is 0 Å². The zero-order valence-corrected chi connectivity index (χ0v) is 11.6. The maximum atomic E-state index is 12.6. The summed E-state index contributed by atoms with van der Waals surface area (Å²) in [6.45, 7) is 3.51. The Hall–Kier alpha value is -1.33. The molecule has 0 saturated carbocycles. The number of fused-ring (bicyclic) bond motifs is 1. The largest absolute Gasteiger partial charge is 0.362 e. The molecule has 0 aromatic heterocycles. The van der Waals surface area contributed by atoms with Gasteiger partial charge in [0, 0.05) is 13.1 Å². The van der Waals surface area contributed by atoms with E-state index in [1.54, 1.807) is 12.1 Å². The first kappa shape index (κ1) is 12.7. The average molecular weight is 278 g/mol. The molecule has 1 saturated heterocycles. The van der Waals surface area contributed by atoms with Gasteiger partial charge in [-0.15, -0.1) is 0 Å². The van der Waals surface area contributed by atoms with Gasteiger partial charge in [-0.1, -0.05) is 18.2 Å². The minimum atomic E-state index is -3.31. The molecular formula is C14H18N2O2S. The first-order chi connectivity index (χ1) is 9.19. The van der Waals surface area contributed by atoms with Crippen LogP contribution in [-0.4, -0.2) is 39.5 Å². The number of nitrogens with zero attached hydrogens (tertiary/aromatic N) is 1. The van der Waals surface area contributed by atoms with Crippen LogP contribution in [0, 0.1) is 0 Å². The second kappa shape index (κ2) is 4.98. The third kappa shape index (κ3) is 2.28. The van der Waals surface area contributed by atoms with Gasteiger partial charge in [-0.3, -0.25) is 0 Å². The van der Waals surface area contributed by atoms with Gasteiger partial charge in [0.1, 0.15) is 5.03 Å². The molecule has 0 spiro atoms. The van der Waals surface area contributed by atoms with Crippen LogP contribution in [0.5, 0.6) is 0 Å². The highest BCUT2D eigenvalue weighted by molar-refractivity contribution is 7.95. The first-order valence-corrected chi connectivity index (χ1v) is 8.19. The number of hydrogen-bond donors (Lipinski definition) is 1. The lowest BCUT2D eigenvalue weighted by molar-refractivity contribution is 0.328. The van der Waals surface area contributed by atoms with Gasteiger partial charge in [0.05, 0.1) is 4.90 Å². The Morgan fingerprint density at radius 3 is 2.42 bits per heavy atom. The standard InChI is InChI=1S/C14H18N2O2S/c17-19(18)13-6-2-1-5-12(13)11-14(19)16-9-3-7-15-8-4-10-16/h1-2,5-6,11,15H,3-4,7-10H2. The van der Waals surface area contributed by atoms with Crippen molar-refractivity contribution in [2.45, 2.75) is 17.7 Å². The van der Waals surface area contributed by atoms with Crippen LogP contribution < -0.4 is 5.32 Å². The van der Waals surface area contributed by atoms with E-state index in [0.717, 1.165) is 44.6 Å². The van der Waals surface area contributed by atoms with Crippen LogP contribution in [0.3, 0.4) is 0 Å². The van der Waals surface area contributed by atoms with Crippen LogP contribution in [0.25, 0.3) is 6.08 Å². The molecule has 0 amide bonds. The fourth-order valence-electron chi connectivity index (χ4n) is 2.68. The summed E-state index contributed by atoms with van der Waals surface area (Å²) in [5.41, 5.74) is 0.817. The van der Waals surface area contributed by atoms with E-state index in [0.29, 0.717) is 9.92 Å². The normalized spacial score (nSPS) is 22.3. The summed E-state index contributed by atoms with van der Waals surface area (Å²) in [5, 5.41) is 3.82. The zero-order chi connectivity index (χ0) is 13.3. The SMILES string of the molecule is O=S1(=O)C(N2CCCNCCC2)=Cc2ccccc21. The summed E-state index contributed by atoms with van der Waals surface area (Å²) >= 11 is 0. The average Bonchev–Trinajstić information content (AvgIpc) is 2.62. The van der Waals surface area contributed by atoms with Crippen LogP contribution in [0.2, 0.25) is 0 Å². The lowest BCUT2D eigenvalue weighted by Gasteiger charge is -2.27. The van der Waals surface area contributed by atoms with Gasteiger partial charge in [0.15, 0.2) is 0 Å². The lowest BCUT2D eigenvalue weighted by atomic mass is 10.2. The van der Waals surface area contributed by atoms with Crippen LogP contribution in [0.4, 0.5) is 0 Å². The summed E-state index contributed by atoms with van der Waals surface area (Å²) in [6, 6.07) is 7.22. The molecule has 2 aliphatic heterocycles. The highest BCUT2D eigenvalue weighted by Crippen LogP contribution is 2.34. The highest BCUT2D eigenvalue weighted by Gasteiger charge is 2.32. The molecule has 4 nitrogen and oxygen atoms in total. The van der Waals surface area contributed by atoms with Gasteiger partial charge in [-0.2, -0.15) is 0 Å². The topological polar surface area (TPSA) is 49.4 Å². The van der Waals surface area contributed by atoms with Gasteiger partial charge < -0.3 is 10.2 Å². The summed E-state index contributed by atoms with van der Waals surface area (Å²) < 4.78 is 25.1. The van der Waals surface area contributed by atoms with Crippen LogP contribution in [0.15, 0.2) is 34.2 Å². The molecule has 19 heavy (non-hydrogen) atoms. The second-order valence-corrected chi connectivity index (χ2v) is 6.83. The summed E-state index contributed by atoms with van der Waals surface area (Å²) in [4.78, 5) is 2.47. The molecule has 1 N–H and O–H groups in total. The fraction of sp³-hybridized carbons (Fsp3) is 0.429. The van der Waals surface area contributed by atoms with Crippen LogP contribution in [0.1, 0.15) is 18.4 Å². The Bertz CT molecular complexity index is 600. The Kier molecular flexibility index (Phi) is 3.33. The van der Waals surface area contributed by atoms with Gasteiger partial charge >= 0.3 is 0 Å². The molecule has 0 unspecified atom stereocenters. The zero-order valence-electron chi connectivity index (χ0n) is 10.8. The van der Waals surface area contributed by atoms with Gasteiger partial charge in [-0.05, 0) is 43.6 Å². The number of hydrogen-bond acceptors (Lipinski definition) is 4. The van der Waals surface area contributed by atoms with E-state index in [4.69, 9.17) is 0 Å². The van der Waals surface area contributed by atoms with E-state index in [1.165, 1.54) is 0 Å². The van der Waals surface area contributed by atoms with Gasteiger partial charge in [-0.25, -0.2) is 8.42 Å². The van der Waals surface area contributed by atoms with E-state index < -0.39 is 9.84 Å². The summed E-state index contributed by atoms with van der Waals surface area (Å²) in [6.07, 6.45) is 3.77. The Morgan fingerprint density at radius 2 is 1.74 bits per heavy atom. The van der Waals surface area contributed by atoms with Crippen molar-refractivity contribution in [1.82, 2.24) is 10.2 Å². The monoisotopic (exact) mass is 278 g/mol. The van der Waals surface area contributed by atoms with Crippen molar-refractivity contribution in [2.24, 2.45) is 0 Å². The number of sulfone groups is 1. The maximum Gasteiger partial charge on any atom is 0.222 e. The fourth-order valence-corrected chi connectivity index (χ4v) is 4.40. The second-order valence-electron chi connectivity index (χ2n) is 4.97. The first-order valence-electron chi connectivity index (χ1n) is 6.71.